The topological polar surface area (TPSA) is 58.3 Å². The predicted octanol–water partition coefficient (Wildman–Crippen LogP) is 0.502. The average Bonchev–Trinajstić information content (AvgIpc) is 2.73. The van der Waals surface area contributed by atoms with Crippen molar-refractivity contribution in [1.29, 1.82) is 0 Å². The van der Waals surface area contributed by atoms with Gasteiger partial charge in [-0.25, -0.2) is 0 Å². The Balaban J connectivity index is 1.93. The summed E-state index contributed by atoms with van der Waals surface area (Å²) < 4.78 is 0. The molecule has 6 heteroatoms. The van der Waals surface area contributed by atoms with E-state index in [1.165, 1.54) is 11.3 Å². The van der Waals surface area contributed by atoms with E-state index in [1.807, 2.05) is 0 Å². The van der Waals surface area contributed by atoms with Gasteiger partial charge in [0.1, 0.15) is 5.01 Å². The first-order valence-electron chi connectivity index (χ1n) is 5.53. The number of likely N-dealkylation sites (N-methyl/N-ethyl adjacent to an activating group) is 1. The van der Waals surface area contributed by atoms with Crippen LogP contribution < -0.4 is 5.73 Å². The molecule has 2 heterocycles. The van der Waals surface area contributed by atoms with Crippen molar-refractivity contribution < 1.29 is 0 Å². The molecule has 0 aromatic carbocycles. The Morgan fingerprint density at radius 3 is 2.69 bits per heavy atom. The average molecular weight is 241 g/mol. The van der Waals surface area contributed by atoms with Gasteiger partial charge in [0.25, 0.3) is 0 Å². The molecule has 0 aliphatic carbocycles. The molecule has 1 aliphatic rings. The van der Waals surface area contributed by atoms with E-state index in [1.54, 1.807) is 0 Å². The van der Waals surface area contributed by atoms with Crippen LogP contribution in [0.5, 0.6) is 0 Å². The molecule has 0 radical (unpaired) electrons. The molecule has 0 bridgehead atoms. The summed E-state index contributed by atoms with van der Waals surface area (Å²) in [5, 5.41) is 9.48. The number of anilines is 1. The second kappa shape index (κ2) is 4.65. The number of rotatable bonds is 3. The Bertz CT molecular complexity index is 351. The van der Waals surface area contributed by atoms with Gasteiger partial charge in [-0.3, -0.25) is 4.90 Å². The van der Waals surface area contributed by atoms with Gasteiger partial charge in [0.2, 0.25) is 5.13 Å². The van der Waals surface area contributed by atoms with Gasteiger partial charge in [0, 0.05) is 19.1 Å². The van der Waals surface area contributed by atoms with Crippen LogP contribution in [0.15, 0.2) is 0 Å². The molecule has 5 nitrogen and oxygen atoms in total. The van der Waals surface area contributed by atoms with Crippen molar-refractivity contribution in [3.63, 3.8) is 0 Å². The number of nitrogen functional groups attached to an aromatic ring is 1. The number of likely N-dealkylation sites (tertiary alicyclic amines) is 1. The van der Waals surface area contributed by atoms with Crippen molar-refractivity contribution in [2.24, 2.45) is 5.92 Å². The minimum absolute atomic E-state index is 0.561. The molecule has 1 aromatic heterocycles. The van der Waals surface area contributed by atoms with E-state index in [9.17, 15) is 0 Å². The molecule has 2 atom stereocenters. The van der Waals surface area contributed by atoms with Gasteiger partial charge in [-0.2, -0.15) is 0 Å². The van der Waals surface area contributed by atoms with Crippen molar-refractivity contribution in [2.45, 2.75) is 19.5 Å². The van der Waals surface area contributed by atoms with Crippen LogP contribution in [0.1, 0.15) is 11.9 Å². The van der Waals surface area contributed by atoms with Crippen LogP contribution in [0.4, 0.5) is 5.13 Å². The lowest BCUT2D eigenvalue weighted by atomic mass is 10.1. The molecule has 90 valence electrons. The SMILES string of the molecule is CC1CN(Cc2nnc(N)s2)CC1N(C)C. The van der Waals surface area contributed by atoms with Crippen LogP contribution in [-0.2, 0) is 6.54 Å². The third-order valence-electron chi connectivity index (χ3n) is 3.15. The monoisotopic (exact) mass is 241 g/mol. The van der Waals surface area contributed by atoms with Crippen LogP contribution in [-0.4, -0.2) is 53.2 Å². The highest BCUT2D eigenvalue weighted by atomic mass is 32.1. The second-order valence-electron chi connectivity index (χ2n) is 4.74. The van der Waals surface area contributed by atoms with Crippen LogP contribution in [0.2, 0.25) is 0 Å². The van der Waals surface area contributed by atoms with Crippen molar-refractivity contribution in [2.75, 3.05) is 32.9 Å². The Morgan fingerprint density at radius 2 is 2.19 bits per heavy atom. The summed E-state index contributed by atoms with van der Waals surface area (Å²) in [6.45, 7) is 5.42. The Morgan fingerprint density at radius 1 is 1.44 bits per heavy atom. The van der Waals surface area contributed by atoms with Crippen molar-refractivity contribution >= 4 is 16.5 Å². The van der Waals surface area contributed by atoms with E-state index >= 15 is 0 Å². The van der Waals surface area contributed by atoms with Crippen LogP contribution >= 0.6 is 11.3 Å². The first-order chi connectivity index (χ1) is 7.56. The Labute approximate surface area is 100 Å². The van der Waals surface area contributed by atoms with Crippen molar-refractivity contribution in [1.82, 2.24) is 20.0 Å². The number of nitrogens with two attached hydrogens (primary N) is 1. The summed E-state index contributed by atoms with van der Waals surface area (Å²) in [4.78, 5) is 4.73. The Hall–Kier alpha value is -0.720. The zero-order chi connectivity index (χ0) is 11.7. The molecular weight excluding hydrogens is 222 g/mol. The molecule has 1 aliphatic heterocycles. The molecule has 0 spiro atoms. The summed E-state index contributed by atoms with van der Waals surface area (Å²) in [6.07, 6.45) is 0. The highest BCUT2D eigenvalue weighted by molar-refractivity contribution is 7.15. The van der Waals surface area contributed by atoms with Gasteiger partial charge in [0.05, 0.1) is 6.54 Å². The summed E-state index contributed by atoms with van der Waals surface area (Å²) in [5.41, 5.74) is 5.57. The summed E-state index contributed by atoms with van der Waals surface area (Å²) >= 11 is 1.49. The fourth-order valence-corrected chi connectivity index (χ4v) is 3.02. The molecular formula is C10H19N5S. The zero-order valence-corrected chi connectivity index (χ0v) is 10.9. The van der Waals surface area contributed by atoms with Gasteiger partial charge in [-0.15, -0.1) is 10.2 Å². The maximum Gasteiger partial charge on any atom is 0.203 e. The maximum absolute atomic E-state index is 5.57. The summed E-state index contributed by atoms with van der Waals surface area (Å²) in [6, 6.07) is 0.644. The maximum atomic E-state index is 5.57. The van der Waals surface area contributed by atoms with Crippen molar-refractivity contribution in [3.8, 4) is 0 Å². The molecule has 0 saturated carbocycles. The normalized spacial score (nSPS) is 26.8. The van der Waals surface area contributed by atoms with E-state index in [0.717, 1.165) is 24.6 Å². The minimum atomic E-state index is 0.561. The van der Waals surface area contributed by atoms with Crippen LogP contribution in [0.25, 0.3) is 0 Å². The highest BCUT2D eigenvalue weighted by Crippen LogP contribution is 2.23. The smallest absolute Gasteiger partial charge is 0.203 e. The van der Waals surface area contributed by atoms with E-state index in [4.69, 9.17) is 5.73 Å². The predicted molar refractivity (Wildman–Crippen MR) is 66.2 cm³/mol. The molecule has 2 unspecified atom stereocenters. The summed E-state index contributed by atoms with van der Waals surface area (Å²) in [7, 11) is 4.29. The van der Waals surface area contributed by atoms with E-state index in [0.29, 0.717) is 17.1 Å². The third kappa shape index (κ3) is 2.50. The highest BCUT2D eigenvalue weighted by Gasteiger charge is 2.31. The largest absolute Gasteiger partial charge is 0.374 e. The van der Waals surface area contributed by atoms with E-state index in [2.05, 4.69) is 41.0 Å². The lowest BCUT2D eigenvalue weighted by Gasteiger charge is -2.22. The molecule has 2 rings (SSSR count). The third-order valence-corrected chi connectivity index (χ3v) is 3.89. The number of hydrogen-bond acceptors (Lipinski definition) is 6. The fourth-order valence-electron chi connectivity index (χ4n) is 2.37. The molecule has 16 heavy (non-hydrogen) atoms. The second-order valence-corrected chi connectivity index (χ2v) is 5.83. The van der Waals surface area contributed by atoms with Crippen LogP contribution in [0, 0.1) is 5.92 Å². The van der Waals surface area contributed by atoms with E-state index in [-0.39, 0.29) is 0 Å². The first-order valence-corrected chi connectivity index (χ1v) is 6.34. The standard InChI is InChI=1S/C10H19N5S/c1-7-4-15(5-8(7)14(2)3)6-9-12-13-10(11)16-9/h7-8H,4-6H2,1-3H3,(H2,11,13). The van der Waals surface area contributed by atoms with Gasteiger partial charge in [-0.1, -0.05) is 18.3 Å². The molecule has 2 N–H and O–H groups in total. The number of hydrogen-bond donors (Lipinski definition) is 1. The van der Waals surface area contributed by atoms with Gasteiger partial charge in [-0.05, 0) is 20.0 Å². The fraction of sp³-hybridized carbons (Fsp3) is 0.800. The van der Waals surface area contributed by atoms with Crippen LogP contribution in [0.3, 0.4) is 0 Å². The molecule has 0 amide bonds. The summed E-state index contributed by atoms with van der Waals surface area (Å²) in [5.74, 6) is 0.709. The first kappa shape index (κ1) is 11.8. The van der Waals surface area contributed by atoms with Gasteiger partial charge < -0.3 is 10.6 Å². The number of aromatic nitrogens is 2. The quantitative estimate of drug-likeness (QED) is 0.835. The van der Waals surface area contributed by atoms with E-state index < -0.39 is 0 Å². The number of nitrogens with zero attached hydrogens (tertiary/aromatic N) is 4. The molecule has 1 saturated heterocycles. The van der Waals surface area contributed by atoms with Gasteiger partial charge in [0.15, 0.2) is 0 Å². The van der Waals surface area contributed by atoms with Crippen molar-refractivity contribution in [3.05, 3.63) is 5.01 Å². The lowest BCUT2D eigenvalue weighted by Crippen LogP contribution is -2.34. The zero-order valence-electron chi connectivity index (χ0n) is 10.1. The Kier molecular flexibility index (Phi) is 3.41. The minimum Gasteiger partial charge on any atom is -0.374 e. The molecule has 1 fully saturated rings. The lowest BCUT2D eigenvalue weighted by molar-refractivity contribution is 0.250. The van der Waals surface area contributed by atoms with Gasteiger partial charge >= 0.3 is 0 Å². The molecule has 1 aromatic rings.